The topological polar surface area (TPSA) is 87.0 Å². The van der Waals surface area contributed by atoms with Crippen LogP contribution < -0.4 is 14.8 Å². The molecule has 0 fully saturated rings. The van der Waals surface area contributed by atoms with Crippen molar-refractivity contribution in [2.24, 2.45) is 0 Å². The number of carbonyl (C=O) groups excluding carboxylic acids is 2. The Morgan fingerprint density at radius 2 is 1.83 bits per heavy atom. The monoisotopic (exact) mass is 391 g/mol. The Balaban J connectivity index is 1.57. The smallest absolute Gasteiger partial charge is 0.355 e. The lowest BCUT2D eigenvalue weighted by atomic mass is 10.1. The molecule has 0 bridgehead atoms. The van der Waals surface area contributed by atoms with E-state index in [1.165, 1.54) is 12.3 Å². The number of ether oxygens (including phenoxy) is 3. The number of esters is 1. The molecule has 0 aliphatic carbocycles. The molecule has 0 unspecified atom stereocenters. The van der Waals surface area contributed by atoms with E-state index in [-0.39, 0.29) is 19.1 Å². The third-order valence-electron chi connectivity index (χ3n) is 4.14. The Kier molecular flexibility index (Phi) is 5.29. The van der Waals surface area contributed by atoms with Gasteiger partial charge in [-0.2, -0.15) is 0 Å². The molecule has 1 aliphatic heterocycles. The van der Waals surface area contributed by atoms with Gasteiger partial charge in [0.1, 0.15) is 18.1 Å². The van der Waals surface area contributed by atoms with Crippen molar-refractivity contribution in [3.63, 3.8) is 0 Å². The van der Waals surface area contributed by atoms with Crippen molar-refractivity contribution in [3.05, 3.63) is 89.5 Å². The minimum absolute atomic E-state index is 0.00993. The van der Waals surface area contributed by atoms with Crippen molar-refractivity contribution in [3.8, 4) is 11.5 Å². The van der Waals surface area contributed by atoms with E-state index >= 15 is 0 Å². The van der Waals surface area contributed by atoms with E-state index in [1.807, 2.05) is 0 Å². The van der Waals surface area contributed by atoms with Crippen molar-refractivity contribution in [2.45, 2.75) is 6.61 Å². The lowest BCUT2D eigenvalue weighted by molar-refractivity contribution is -0.141. The number of amides is 1. The van der Waals surface area contributed by atoms with Crippen LogP contribution in [-0.4, -0.2) is 18.7 Å². The molecule has 1 N–H and O–H groups in total. The molecule has 4 rings (SSSR count). The number of nitrogens with one attached hydrogen (secondary N) is 1. The van der Waals surface area contributed by atoms with Crippen LogP contribution in [0.1, 0.15) is 21.7 Å². The molecule has 0 spiro atoms. The van der Waals surface area contributed by atoms with Crippen LogP contribution >= 0.6 is 0 Å². The summed E-state index contributed by atoms with van der Waals surface area (Å²) >= 11 is 0. The molecule has 146 valence electrons. The number of rotatable bonds is 6. The quantitative estimate of drug-likeness (QED) is 0.511. The molecule has 1 aliphatic rings. The van der Waals surface area contributed by atoms with Gasteiger partial charge in [0, 0.05) is 5.56 Å². The number of carbonyl (C=O) groups is 2. The van der Waals surface area contributed by atoms with Gasteiger partial charge in [0.25, 0.3) is 5.91 Å². The van der Waals surface area contributed by atoms with Gasteiger partial charge in [0.2, 0.25) is 6.79 Å². The molecule has 3 aromatic rings. The van der Waals surface area contributed by atoms with Crippen molar-refractivity contribution in [1.82, 2.24) is 5.32 Å². The van der Waals surface area contributed by atoms with Gasteiger partial charge in [-0.05, 0) is 48.0 Å². The summed E-state index contributed by atoms with van der Waals surface area (Å²) in [6.07, 6.45) is 3.01. The van der Waals surface area contributed by atoms with Crippen LogP contribution in [0.5, 0.6) is 11.5 Å². The molecule has 0 radical (unpaired) electrons. The van der Waals surface area contributed by atoms with Crippen LogP contribution in [0.2, 0.25) is 0 Å². The molecule has 7 nitrogen and oxygen atoms in total. The summed E-state index contributed by atoms with van der Waals surface area (Å²) in [6, 6.07) is 17.2. The molecule has 0 atom stereocenters. The number of benzene rings is 2. The maximum Gasteiger partial charge on any atom is 0.355 e. The van der Waals surface area contributed by atoms with E-state index < -0.39 is 11.9 Å². The standard InChI is InChI=1S/C22H17NO6/c24-21(16-5-2-1-3-6-16)23-18(22(25)27-13-17-7-4-10-26-17)11-15-8-9-19-20(12-15)29-14-28-19/h1-12H,13-14H2,(H,23,24). The third-order valence-corrected chi connectivity index (χ3v) is 4.14. The number of hydrogen-bond acceptors (Lipinski definition) is 6. The Hall–Kier alpha value is -4.00. The lowest BCUT2D eigenvalue weighted by Crippen LogP contribution is -2.28. The minimum Gasteiger partial charge on any atom is -0.466 e. The van der Waals surface area contributed by atoms with Crippen LogP contribution in [0.3, 0.4) is 0 Å². The van der Waals surface area contributed by atoms with Crippen LogP contribution in [0.25, 0.3) is 6.08 Å². The molecule has 29 heavy (non-hydrogen) atoms. The maximum absolute atomic E-state index is 12.6. The highest BCUT2D eigenvalue weighted by molar-refractivity contribution is 6.03. The van der Waals surface area contributed by atoms with E-state index in [1.54, 1.807) is 60.7 Å². The Morgan fingerprint density at radius 3 is 2.62 bits per heavy atom. The fraction of sp³-hybridized carbons (Fsp3) is 0.0909. The third kappa shape index (κ3) is 4.47. The van der Waals surface area contributed by atoms with Crippen LogP contribution in [0.15, 0.2) is 77.0 Å². The molecular formula is C22H17NO6. The zero-order valence-corrected chi connectivity index (χ0v) is 15.3. The normalized spacial score (nSPS) is 12.5. The van der Waals surface area contributed by atoms with E-state index in [0.29, 0.717) is 28.4 Å². The second-order valence-corrected chi connectivity index (χ2v) is 6.15. The van der Waals surface area contributed by atoms with E-state index in [2.05, 4.69) is 5.32 Å². The first kappa shape index (κ1) is 18.4. The second kappa shape index (κ2) is 8.35. The maximum atomic E-state index is 12.6. The van der Waals surface area contributed by atoms with Crippen molar-refractivity contribution in [1.29, 1.82) is 0 Å². The fourth-order valence-electron chi connectivity index (χ4n) is 2.71. The first-order valence-corrected chi connectivity index (χ1v) is 8.86. The van der Waals surface area contributed by atoms with Gasteiger partial charge >= 0.3 is 5.97 Å². The lowest BCUT2D eigenvalue weighted by Gasteiger charge is -2.10. The summed E-state index contributed by atoms with van der Waals surface area (Å²) in [4.78, 5) is 25.2. The van der Waals surface area contributed by atoms with Crippen molar-refractivity contribution < 1.29 is 28.2 Å². The highest BCUT2D eigenvalue weighted by Gasteiger charge is 2.18. The van der Waals surface area contributed by atoms with Gasteiger partial charge in [-0.15, -0.1) is 0 Å². The van der Waals surface area contributed by atoms with Gasteiger partial charge < -0.3 is 23.9 Å². The fourth-order valence-corrected chi connectivity index (χ4v) is 2.71. The Labute approximate surface area is 166 Å². The number of fused-ring (bicyclic) bond motifs is 1. The van der Waals surface area contributed by atoms with Crippen LogP contribution in [-0.2, 0) is 16.1 Å². The Morgan fingerprint density at radius 1 is 1.00 bits per heavy atom. The zero-order chi connectivity index (χ0) is 20.1. The molecular weight excluding hydrogens is 374 g/mol. The van der Waals surface area contributed by atoms with Gasteiger partial charge in [-0.25, -0.2) is 4.79 Å². The van der Waals surface area contributed by atoms with Gasteiger partial charge in [-0.1, -0.05) is 24.3 Å². The molecule has 1 amide bonds. The van der Waals surface area contributed by atoms with Crippen LogP contribution in [0.4, 0.5) is 0 Å². The predicted octanol–water partition coefficient (Wildman–Crippen LogP) is 3.52. The zero-order valence-electron chi connectivity index (χ0n) is 15.3. The molecule has 1 aromatic heterocycles. The summed E-state index contributed by atoms with van der Waals surface area (Å²) < 4.78 is 21.1. The predicted molar refractivity (Wildman–Crippen MR) is 103 cm³/mol. The molecule has 7 heteroatoms. The molecule has 2 heterocycles. The summed E-state index contributed by atoms with van der Waals surface area (Å²) in [5.41, 5.74) is 1.06. The van der Waals surface area contributed by atoms with Crippen LogP contribution in [0, 0.1) is 0 Å². The highest BCUT2D eigenvalue weighted by atomic mass is 16.7. The van der Waals surface area contributed by atoms with E-state index in [9.17, 15) is 9.59 Å². The average Bonchev–Trinajstić information content (AvgIpc) is 3.43. The molecule has 2 aromatic carbocycles. The Bertz CT molecular complexity index is 1040. The number of hydrogen-bond donors (Lipinski definition) is 1. The molecule has 0 saturated carbocycles. The minimum atomic E-state index is -0.691. The average molecular weight is 391 g/mol. The first-order valence-electron chi connectivity index (χ1n) is 8.86. The highest BCUT2D eigenvalue weighted by Crippen LogP contribution is 2.33. The largest absolute Gasteiger partial charge is 0.466 e. The van der Waals surface area contributed by atoms with E-state index in [4.69, 9.17) is 18.6 Å². The number of furan rings is 1. The summed E-state index contributed by atoms with van der Waals surface area (Å²) in [5.74, 6) is 0.569. The van der Waals surface area contributed by atoms with E-state index in [0.717, 1.165) is 0 Å². The van der Waals surface area contributed by atoms with Crippen molar-refractivity contribution >= 4 is 18.0 Å². The summed E-state index contributed by atoms with van der Waals surface area (Å²) in [6.45, 7) is 0.0941. The summed E-state index contributed by atoms with van der Waals surface area (Å²) in [5, 5.41) is 2.62. The van der Waals surface area contributed by atoms with Gasteiger partial charge in [-0.3, -0.25) is 4.79 Å². The summed E-state index contributed by atoms with van der Waals surface area (Å²) in [7, 11) is 0. The van der Waals surface area contributed by atoms with Crippen molar-refractivity contribution in [2.75, 3.05) is 6.79 Å². The first-order chi connectivity index (χ1) is 14.2. The second-order valence-electron chi connectivity index (χ2n) is 6.15. The molecule has 0 saturated heterocycles. The van der Waals surface area contributed by atoms with Gasteiger partial charge in [0.15, 0.2) is 11.5 Å². The van der Waals surface area contributed by atoms with Gasteiger partial charge in [0.05, 0.1) is 6.26 Å². The SMILES string of the molecule is O=C(OCc1ccco1)C(=Cc1ccc2c(c1)OCO2)NC(=O)c1ccccc1.